The van der Waals surface area contributed by atoms with Gasteiger partial charge >= 0.3 is 0 Å². The Morgan fingerprint density at radius 3 is 2.72 bits per heavy atom. The molecule has 2 N–H and O–H groups in total. The number of amides is 1. The molecule has 0 unspecified atom stereocenters. The molecule has 18 heavy (non-hydrogen) atoms. The number of thiol groups is 1. The van der Waals surface area contributed by atoms with E-state index in [-0.39, 0.29) is 12.5 Å². The maximum Gasteiger partial charge on any atom is 0.252 e. The van der Waals surface area contributed by atoms with E-state index in [9.17, 15) is 4.79 Å². The summed E-state index contributed by atoms with van der Waals surface area (Å²) in [5.41, 5.74) is 0.609. The molecule has 0 radical (unpaired) electrons. The van der Waals surface area contributed by atoms with Gasteiger partial charge in [-0.3, -0.25) is 4.79 Å². The molecule has 0 fully saturated rings. The molecule has 0 heterocycles. The number of carbonyl (C=O) groups is 1. The van der Waals surface area contributed by atoms with Crippen LogP contribution in [-0.2, 0) is 0 Å². The zero-order chi connectivity index (χ0) is 13.4. The van der Waals surface area contributed by atoms with Gasteiger partial charge in [0.2, 0.25) is 0 Å². The minimum atomic E-state index is -0.0834. The Morgan fingerprint density at radius 2 is 2.00 bits per heavy atom. The number of rotatable bonds is 7. The standard InChI is InChI=1S/C13H18BrNO2S/c14-12-6-5-10(18)9-11(12)13(17)15-7-3-1-2-4-8-16/h5-6,9,16,18H,1-4,7-8H2,(H,15,17). The second kappa shape index (κ2) is 8.56. The summed E-state index contributed by atoms with van der Waals surface area (Å²) in [5, 5.41) is 11.5. The molecule has 0 aliphatic rings. The third-order valence-electron chi connectivity index (χ3n) is 2.57. The van der Waals surface area contributed by atoms with E-state index in [1.807, 2.05) is 12.1 Å². The highest BCUT2D eigenvalue weighted by Crippen LogP contribution is 2.20. The van der Waals surface area contributed by atoms with Crippen LogP contribution < -0.4 is 5.32 Å². The van der Waals surface area contributed by atoms with E-state index in [0.29, 0.717) is 12.1 Å². The van der Waals surface area contributed by atoms with Gasteiger partial charge in [0.05, 0.1) is 5.56 Å². The number of hydrogen-bond donors (Lipinski definition) is 3. The summed E-state index contributed by atoms with van der Waals surface area (Å²) in [6.07, 6.45) is 3.79. The number of carbonyl (C=O) groups excluding carboxylic acids is 1. The highest BCUT2D eigenvalue weighted by Gasteiger charge is 2.09. The van der Waals surface area contributed by atoms with E-state index in [1.54, 1.807) is 6.07 Å². The number of aliphatic hydroxyl groups excluding tert-OH is 1. The van der Waals surface area contributed by atoms with Gasteiger partial charge < -0.3 is 10.4 Å². The lowest BCUT2D eigenvalue weighted by Crippen LogP contribution is -2.24. The van der Waals surface area contributed by atoms with Gasteiger partial charge in [0, 0.05) is 22.5 Å². The van der Waals surface area contributed by atoms with E-state index < -0.39 is 0 Å². The first-order valence-corrected chi connectivity index (χ1v) is 7.26. The topological polar surface area (TPSA) is 49.3 Å². The normalized spacial score (nSPS) is 10.4. The number of unbranched alkanes of at least 4 members (excludes halogenated alkanes) is 3. The predicted molar refractivity (Wildman–Crippen MR) is 79.3 cm³/mol. The number of hydrogen-bond acceptors (Lipinski definition) is 3. The molecule has 0 saturated carbocycles. The lowest BCUT2D eigenvalue weighted by molar-refractivity contribution is 0.0952. The first kappa shape index (κ1) is 15.5. The lowest BCUT2D eigenvalue weighted by atomic mass is 10.2. The molecular weight excluding hydrogens is 314 g/mol. The largest absolute Gasteiger partial charge is 0.396 e. The van der Waals surface area contributed by atoms with Crippen LogP contribution in [0.4, 0.5) is 0 Å². The predicted octanol–water partition coefficient (Wildman–Crippen LogP) is 3.02. The van der Waals surface area contributed by atoms with Crippen molar-refractivity contribution in [2.45, 2.75) is 30.6 Å². The van der Waals surface area contributed by atoms with Gasteiger partial charge in [0.1, 0.15) is 0 Å². The van der Waals surface area contributed by atoms with E-state index >= 15 is 0 Å². The molecule has 1 rings (SSSR count). The Hall–Kier alpha value is -0.520. The molecule has 1 amide bonds. The fourth-order valence-electron chi connectivity index (χ4n) is 1.57. The third kappa shape index (κ3) is 5.42. The minimum absolute atomic E-state index is 0.0834. The highest BCUT2D eigenvalue weighted by atomic mass is 79.9. The van der Waals surface area contributed by atoms with Crippen molar-refractivity contribution in [2.75, 3.05) is 13.2 Å². The van der Waals surface area contributed by atoms with Crippen LogP contribution in [0.3, 0.4) is 0 Å². The van der Waals surface area contributed by atoms with Crippen molar-refractivity contribution in [1.29, 1.82) is 0 Å². The quantitative estimate of drug-likeness (QED) is 0.531. The number of nitrogens with one attached hydrogen (secondary N) is 1. The first-order valence-electron chi connectivity index (χ1n) is 6.02. The average molecular weight is 332 g/mol. The molecular formula is C13H18BrNO2S. The van der Waals surface area contributed by atoms with Gasteiger partial charge in [0.25, 0.3) is 5.91 Å². The van der Waals surface area contributed by atoms with E-state index in [2.05, 4.69) is 33.9 Å². The number of halogens is 1. The Labute approximate surface area is 122 Å². The molecule has 5 heteroatoms. The molecule has 0 atom stereocenters. The summed E-state index contributed by atoms with van der Waals surface area (Å²) in [7, 11) is 0. The smallest absolute Gasteiger partial charge is 0.252 e. The van der Waals surface area contributed by atoms with Crippen LogP contribution in [0, 0.1) is 0 Å². The first-order chi connectivity index (χ1) is 8.65. The minimum Gasteiger partial charge on any atom is -0.396 e. The van der Waals surface area contributed by atoms with Gasteiger partial charge in [-0.25, -0.2) is 0 Å². The Kier molecular flexibility index (Phi) is 7.39. The fraction of sp³-hybridized carbons (Fsp3) is 0.462. The molecule has 0 bridgehead atoms. The summed E-state index contributed by atoms with van der Waals surface area (Å²) in [5.74, 6) is -0.0834. The van der Waals surface area contributed by atoms with Crippen LogP contribution in [0.2, 0.25) is 0 Å². The summed E-state index contributed by atoms with van der Waals surface area (Å²) in [6, 6.07) is 5.39. The van der Waals surface area contributed by atoms with Crippen molar-refractivity contribution >= 4 is 34.5 Å². The van der Waals surface area contributed by atoms with E-state index in [1.165, 1.54) is 0 Å². The van der Waals surface area contributed by atoms with Crippen molar-refractivity contribution in [3.05, 3.63) is 28.2 Å². The monoisotopic (exact) mass is 331 g/mol. The van der Waals surface area contributed by atoms with Crippen molar-refractivity contribution in [3.8, 4) is 0 Å². The van der Waals surface area contributed by atoms with Crippen LogP contribution in [0.1, 0.15) is 36.0 Å². The fourth-order valence-corrected chi connectivity index (χ4v) is 2.21. The SMILES string of the molecule is O=C(NCCCCCCO)c1cc(S)ccc1Br. The van der Waals surface area contributed by atoms with Crippen LogP contribution in [0.15, 0.2) is 27.6 Å². The van der Waals surface area contributed by atoms with Crippen LogP contribution in [0.5, 0.6) is 0 Å². The Balaban J connectivity index is 2.34. The van der Waals surface area contributed by atoms with Crippen LogP contribution >= 0.6 is 28.6 Å². The summed E-state index contributed by atoms with van der Waals surface area (Å²) in [4.78, 5) is 12.7. The molecule has 3 nitrogen and oxygen atoms in total. The Bertz CT molecular complexity index is 399. The van der Waals surface area contributed by atoms with E-state index in [0.717, 1.165) is 35.1 Å². The van der Waals surface area contributed by atoms with Crippen molar-refractivity contribution < 1.29 is 9.90 Å². The second-order valence-corrected chi connectivity index (χ2v) is 5.43. The average Bonchev–Trinajstić information content (AvgIpc) is 2.36. The molecule has 0 saturated heterocycles. The van der Waals surface area contributed by atoms with Crippen LogP contribution in [-0.4, -0.2) is 24.2 Å². The molecule has 100 valence electrons. The number of benzene rings is 1. The van der Waals surface area contributed by atoms with Crippen LogP contribution in [0.25, 0.3) is 0 Å². The molecule has 1 aromatic carbocycles. The highest BCUT2D eigenvalue weighted by molar-refractivity contribution is 9.10. The number of aliphatic hydroxyl groups is 1. The van der Waals surface area contributed by atoms with Gasteiger partial charge in [-0.15, -0.1) is 12.6 Å². The van der Waals surface area contributed by atoms with Gasteiger partial charge in [0.15, 0.2) is 0 Å². The zero-order valence-corrected chi connectivity index (χ0v) is 12.6. The van der Waals surface area contributed by atoms with E-state index in [4.69, 9.17) is 5.11 Å². The summed E-state index contributed by atoms with van der Waals surface area (Å²) < 4.78 is 0.776. The maximum absolute atomic E-state index is 11.9. The molecule has 0 aliphatic heterocycles. The van der Waals surface area contributed by atoms with Gasteiger partial charge in [-0.2, -0.15) is 0 Å². The summed E-state index contributed by atoms with van der Waals surface area (Å²) in [6.45, 7) is 0.904. The van der Waals surface area contributed by atoms with Gasteiger partial charge in [-0.05, 0) is 47.0 Å². The molecule has 0 aromatic heterocycles. The van der Waals surface area contributed by atoms with Crippen molar-refractivity contribution in [3.63, 3.8) is 0 Å². The van der Waals surface area contributed by atoms with Crippen molar-refractivity contribution in [1.82, 2.24) is 5.32 Å². The molecule has 0 spiro atoms. The second-order valence-electron chi connectivity index (χ2n) is 4.06. The summed E-state index contributed by atoms with van der Waals surface area (Å²) >= 11 is 7.57. The third-order valence-corrected chi connectivity index (χ3v) is 3.53. The molecule has 1 aromatic rings. The lowest BCUT2D eigenvalue weighted by Gasteiger charge is -2.07. The maximum atomic E-state index is 11.9. The van der Waals surface area contributed by atoms with Gasteiger partial charge in [-0.1, -0.05) is 12.8 Å². The zero-order valence-electron chi connectivity index (χ0n) is 10.2. The van der Waals surface area contributed by atoms with Crippen molar-refractivity contribution in [2.24, 2.45) is 0 Å². The Morgan fingerprint density at radius 1 is 1.28 bits per heavy atom. The molecule has 0 aliphatic carbocycles.